The second-order valence-corrected chi connectivity index (χ2v) is 4.96. The average Bonchev–Trinajstić information content (AvgIpc) is 2.93. The molecule has 0 bridgehead atoms. The summed E-state index contributed by atoms with van der Waals surface area (Å²) in [6.07, 6.45) is 4.52. The minimum Gasteiger partial charge on any atom is -0.372 e. The standard InChI is InChI=1S/C16H18N2/c1-13-8-9-17-16(12-13)14-4-6-15(7-5-14)18-10-2-3-11-18/h4-9,12H,2-3,10-11H2,1H3. The Bertz CT molecular complexity index is 525. The minimum absolute atomic E-state index is 1.06. The third-order valence-corrected chi connectivity index (χ3v) is 3.55. The molecule has 0 aliphatic carbocycles. The number of nitrogens with zero attached hydrogens (tertiary/aromatic N) is 2. The Morgan fingerprint density at radius 1 is 1.00 bits per heavy atom. The van der Waals surface area contributed by atoms with Crippen LogP contribution in [0.1, 0.15) is 18.4 Å². The Labute approximate surface area is 108 Å². The summed E-state index contributed by atoms with van der Waals surface area (Å²) in [7, 11) is 0. The van der Waals surface area contributed by atoms with Crippen LogP contribution < -0.4 is 4.90 Å². The van der Waals surface area contributed by atoms with Crippen LogP contribution in [0.2, 0.25) is 0 Å². The molecule has 92 valence electrons. The maximum atomic E-state index is 4.42. The first-order valence-electron chi connectivity index (χ1n) is 6.61. The van der Waals surface area contributed by atoms with Crippen molar-refractivity contribution in [2.24, 2.45) is 0 Å². The van der Waals surface area contributed by atoms with Crippen molar-refractivity contribution in [1.29, 1.82) is 0 Å². The number of benzene rings is 1. The van der Waals surface area contributed by atoms with Gasteiger partial charge in [-0.2, -0.15) is 0 Å². The lowest BCUT2D eigenvalue weighted by Crippen LogP contribution is -2.17. The van der Waals surface area contributed by atoms with Gasteiger partial charge in [0.05, 0.1) is 5.69 Å². The van der Waals surface area contributed by atoms with E-state index in [0.29, 0.717) is 0 Å². The fourth-order valence-electron chi connectivity index (χ4n) is 2.51. The van der Waals surface area contributed by atoms with E-state index in [2.05, 4.69) is 47.1 Å². The lowest BCUT2D eigenvalue weighted by atomic mass is 10.1. The summed E-state index contributed by atoms with van der Waals surface area (Å²) in [6.45, 7) is 4.49. The molecular weight excluding hydrogens is 220 g/mol. The highest BCUT2D eigenvalue weighted by Gasteiger charge is 2.11. The van der Waals surface area contributed by atoms with Crippen molar-refractivity contribution in [2.45, 2.75) is 19.8 Å². The summed E-state index contributed by atoms with van der Waals surface area (Å²) in [4.78, 5) is 6.88. The molecule has 3 rings (SSSR count). The molecule has 0 amide bonds. The lowest BCUT2D eigenvalue weighted by molar-refractivity contribution is 0.949. The van der Waals surface area contributed by atoms with Gasteiger partial charge in [-0.05, 0) is 49.6 Å². The van der Waals surface area contributed by atoms with Gasteiger partial charge in [-0.3, -0.25) is 4.98 Å². The molecule has 2 heteroatoms. The topological polar surface area (TPSA) is 16.1 Å². The first-order valence-corrected chi connectivity index (χ1v) is 6.61. The SMILES string of the molecule is Cc1ccnc(-c2ccc(N3CCCC3)cc2)c1. The highest BCUT2D eigenvalue weighted by Crippen LogP contribution is 2.24. The van der Waals surface area contributed by atoms with E-state index in [0.717, 1.165) is 5.69 Å². The van der Waals surface area contributed by atoms with Gasteiger partial charge in [-0.1, -0.05) is 12.1 Å². The maximum absolute atomic E-state index is 4.42. The molecule has 1 aliphatic rings. The number of aryl methyl sites for hydroxylation is 1. The van der Waals surface area contributed by atoms with Crippen LogP contribution in [0.5, 0.6) is 0 Å². The predicted molar refractivity (Wildman–Crippen MR) is 75.9 cm³/mol. The molecule has 0 saturated carbocycles. The van der Waals surface area contributed by atoms with Crippen molar-refractivity contribution >= 4 is 5.69 Å². The van der Waals surface area contributed by atoms with E-state index in [4.69, 9.17) is 0 Å². The average molecular weight is 238 g/mol. The molecule has 1 fully saturated rings. The van der Waals surface area contributed by atoms with Crippen LogP contribution in [0, 0.1) is 6.92 Å². The normalized spacial score (nSPS) is 15.1. The minimum atomic E-state index is 1.06. The van der Waals surface area contributed by atoms with Crippen LogP contribution in [0.25, 0.3) is 11.3 Å². The number of aromatic nitrogens is 1. The zero-order valence-corrected chi connectivity index (χ0v) is 10.8. The van der Waals surface area contributed by atoms with Crippen molar-refractivity contribution in [3.63, 3.8) is 0 Å². The molecule has 0 unspecified atom stereocenters. The summed E-state index contributed by atoms with van der Waals surface area (Å²) >= 11 is 0. The molecule has 0 radical (unpaired) electrons. The molecule has 2 aromatic rings. The molecule has 1 aromatic carbocycles. The van der Waals surface area contributed by atoms with Crippen LogP contribution in [0.15, 0.2) is 42.6 Å². The third-order valence-electron chi connectivity index (χ3n) is 3.55. The third kappa shape index (κ3) is 2.23. The molecule has 1 aromatic heterocycles. The predicted octanol–water partition coefficient (Wildman–Crippen LogP) is 3.66. The molecule has 18 heavy (non-hydrogen) atoms. The summed E-state index contributed by atoms with van der Waals surface area (Å²) in [5.74, 6) is 0. The van der Waals surface area contributed by atoms with Gasteiger partial charge in [0.1, 0.15) is 0 Å². The first-order chi connectivity index (χ1) is 8.83. The summed E-state index contributed by atoms with van der Waals surface area (Å²) < 4.78 is 0. The van der Waals surface area contributed by atoms with Gasteiger partial charge < -0.3 is 4.90 Å². The van der Waals surface area contributed by atoms with E-state index < -0.39 is 0 Å². The van der Waals surface area contributed by atoms with Gasteiger partial charge >= 0.3 is 0 Å². The molecule has 0 spiro atoms. The van der Waals surface area contributed by atoms with Crippen molar-refractivity contribution < 1.29 is 0 Å². The summed E-state index contributed by atoms with van der Waals surface area (Å²) in [5.41, 5.74) is 4.84. The highest BCUT2D eigenvalue weighted by atomic mass is 15.1. The Morgan fingerprint density at radius 3 is 2.39 bits per heavy atom. The fraction of sp³-hybridized carbons (Fsp3) is 0.312. The van der Waals surface area contributed by atoms with Gasteiger partial charge in [0.2, 0.25) is 0 Å². The van der Waals surface area contributed by atoms with E-state index in [-0.39, 0.29) is 0 Å². The first kappa shape index (κ1) is 11.3. The zero-order valence-electron chi connectivity index (χ0n) is 10.8. The van der Waals surface area contributed by atoms with Crippen LogP contribution >= 0.6 is 0 Å². The van der Waals surface area contributed by atoms with E-state index in [1.165, 1.54) is 42.7 Å². The molecule has 0 N–H and O–H groups in total. The quantitative estimate of drug-likeness (QED) is 0.793. The summed E-state index contributed by atoms with van der Waals surface area (Å²) in [6, 6.07) is 12.9. The lowest BCUT2D eigenvalue weighted by Gasteiger charge is -2.17. The van der Waals surface area contributed by atoms with E-state index >= 15 is 0 Å². The number of pyridine rings is 1. The number of rotatable bonds is 2. The van der Waals surface area contributed by atoms with Crippen LogP contribution in [0.3, 0.4) is 0 Å². The van der Waals surface area contributed by atoms with E-state index in [1.807, 2.05) is 12.3 Å². The smallest absolute Gasteiger partial charge is 0.0704 e. The molecule has 1 saturated heterocycles. The van der Waals surface area contributed by atoms with E-state index in [1.54, 1.807) is 0 Å². The largest absolute Gasteiger partial charge is 0.372 e. The van der Waals surface area contributed by atoms with Gasteiger partial charge in [-0.25, -0.2) is 0 Å². The molecule has 0 atom stereocenters. The van der Waals surface area contributed by atoms with Gasteiger partial charge in [-0.15, -0.1) is 0 Å². The fourth-order valence-corrected chi connectivity index (χ4v) is 2.51. The molecule has 2 nitrogen and oxygen atoms in total. The Hall–Kier alpha value is -1.83. The Balaban J connectivity index is 1.86. The zero-order chi connectivity index (χ0) is 12.4. The second kappa shape index (κ2) is 4.81. The number of hydrogen-bond donors (Lipinski definition) is 0. The Kier molecular flexibility index (Phi) is 3.01. The van der Waals surface area contributed by atoms with Crippen LogP contribution in [0.4, 0.5) is 5.69 Å². The van der Waals surface area contributed by atoms with Crippen molar-refractivity contribution in [3.8, 4) is 11.3 Å². The van der Waals surface area contributed by atoms with Crippen molar-refractivity contribution in [3.05, 3.63) is 48.2 Å². The number of anilines is 1. The van der Waals surface area contributed by atoms with Gasteiger partial charge in [0.15, 0.2) is 0 Å². The second-order valence-electron chi connectivity index (χ2n) is 4.96. The summed E-state index contributed by atoms with van der Waals surface area (Å²) in [5, 5.41) is 0. The Morgan fingerprint density at radius 2 is 1.72 bits per heavy atom. The van der Waals surface area contributed by atoms with Crippen LogP contribution in [-0.4, -0.2) is 18.1 Å². The van der Waals surface area contributed by atoms with Crippen molar-refractivity contribution in [1.82, 2.24) is 4.98 Å². The molecule has 1 aliphatic heterocycles. The monoisotopic (exact) mass is 238 g/mol. The maximum Gasteiger partial charge on any atom is 0.0704 e. The van der Waals surface area contributed by atoms with Crippen molar-refractivity contribution in [2.75, 3.05) is 18.0 Å². The van der Waals surface area contributed by atoms with Gasteiger partial charge in [0.25, 0.3) is 0 Å². The van der Waals surface area contributed by atoms with Crippen LogP contribution in [-0.2, 0) is 0 Å². The van der Waals surface area contributed by atoms with E-state index in [9.17, 15) is 0 Å². The number of hydrogen-bond acceptors (Lipinski definition) is 2. The highest BCUT2D eigenvalue weighted by molar-refractivity contribution is 5.63. The molecule has 2 heterocycles. The molecular formula is C16H18N2. The van der Waals surface area contributed by atoms with Gasteiger partial charge in [0, 0.05) is 30.5 Å².